The van der Waals surface area contributed by atoms with Gasteiger partial charge in [0.05, 0.1) is 5.69 Å². The van der Waals surface area contributed by atoms with Crippen LogP contribution in [0.2, 0.25) is 0 Å². The van der Waals surface area contributed by atoms with Gasteiger partial charge in [-0.25, -0.2) is 4.98 Å². The summed E-state index contributed by atoms with van der Waals surface area (Å²) in [5.41, 5.74) is 2.22. The molecule has 0 amide bonds. The summed E-state index contributed by atoms with van der Waals surface area (Å²) in [6, 6.07) is 8.16. The van der Waals surface area contributed by atoms with Crippen LogP contribution in [0.25, 0.3) is 0 Å². The summed E-state index contributed by atoms with van der Waals surface area (Å²) in [6.07, 6.45) is 4.26. The maximum atomic E-state index is 9.56. The van der Waals surface area contributed by atoms with E-state index in [1.807, 2.05) is 25.1 Å². The highest BCUT2D eigenvalue weighted by Gasteiger charge is 2.21. The lowest BCUT2D eigenvalue weighted by Crippen LogP contribution is -2.38. The highest BCUT2D eigenvalue weighted by Crippen LogP contribution is 2.21. The predicted octanol–water partition coefficient (Wildman–Crippen LogP) is 2.56. The fraction of sp³-hybridized carbons (Fsp3) is 0.438. The van der Waals surface area contributed by atoms with Crippen LogP contribution < -0.4 is 5.32 Å². The Balaban J connectivity index is 1.67. The number of fused-ring (bicyclic) bond motifs is 1. The van der Waals surface area contributed by atoms with Crippen molar-refractivity contribution in [2.45, 2.75) is 45.3 Å². The predicted molar refractivity (Wildman–Crippen MR) is 78.7 cm³/mol. The highest BCUT2D eigenvalue weighted by atomic mass is 16.3. The summed E-state index contributed by atoms with van der Waals surface area (Å²) in [6.45, 7) is 5.16. The molecule has 0 aliphatic carbocycles. The van der Waals surface area contributed by atoms with Gasteiger partial charge in [-0.15, -0.1) is 0 Å². The standard InChI is InChI=1S/C16H21N3O/c1-11-9-19-10-14(6-7-16(19)17-11)18-12(2)13-4-3-5-15(20)8-13/h3-5,8-9,12,14,18,20H,6-7,10H2,1-2H3/t12-,14-/m1/s1. The maximum Gasteiger partial charge on any atom is 0.115 e. The number of benzene rings is 1. The van der Waals surface area contributed by atoms with Gasteiger partial charge in [-0.1, -0.05) is 12.1 Å². The Bertz CT molecular complexity index is 606. The monoisotopic (exact) mass is 271 g/mol. The van der Waals surface area contributed by atoms with Crippen LogP contribution in [0.3, 0.4) is 0 Å². The second kappa shape index (κ2) is 5.29. The minimum Gasteiger partial charge on any atom is -0.508 e. The first-order valence-corrected chi connectivity index (χ1v) is 7.19. The van der Waals surface area contributed by atoms with Crippen LogP contribution in [0.1, 0.15) is 36.5 Å². The Labute approximate surface area is 119 Å². The van der Waals surface area contributed by atoms with Crippen molar-refractivity contribution in [2.75, 3.05) is 0 Å². The van der Waals surface area contributed by atoms with Crippen molar-refractivity contribution in [3.05, 3.63) is 47.5 Å². The Morgan fingerprint density at radius 2 is 2.30 bits per heavy atom. The van der Waals surface area contributed by atoms with Crippen molar-refractivity contribution in [1.29, 1.82) is 0 Å². The third-order valence-electron chi connectivity index (χ3n) is 3.97. The summed E-state index contributed by atoms with van der Waals surface area (Å²) < 4.78 is 2.26. The van der Waals surface area contributed by atoms with Crippen molar-refractivity contribution in [1.82, 2.24) is 14.9 Å². The molecule has 2 aromatic rings. The van der Waals surface area contributed by atoms with Crippen LogP contribution in [0.4, 0.5) is 0 Å². The summed E-state index contributed by atoms with van der Waals surface area (Å²) in [4.78, 5) is 4.54. The molecule has 1 aromatic carbocycles. The van der Waals surface area contributed by atoms with E-state index in [9.17, 15) is 5.11 Å². The van der Waals surface area contributed by atoms with E-state index in [1.165, 1.54) is 5.82 Å². The van der Waals surface area contributed by atoms with Crippen LogP contribution >= 0.6 is 0 Å². The highest BCUT2D eigenvalue weighted by molar-refractivity contribution is 5.29. The van der Waals surface area contributed by atoms with Gasteiger partial charge >= 0.3 is 0 Å². The molecular weight excluding hydrogens is 250 g/mol. The molecule has 3 rings (SSSR count). The molecule has 0 spiro atoms. The number of hydrogen-bond acceptors (Lipinski definition) is 3. The number of nitrogens with one attached hydrogen (secondary N) is 1. The molecule has 1 aliphatic rings. The van der Waals surface area contributed by atoms with Gasteiger partial charge in [-0.05, 0) is 38.0 Å². The van der Waals surface area contributed by atoms with E-state index in [0.29, 0.717) is 11.8 Å². The Hall–Kier alpha value is -1.81. The van der Waals surface area contributed by atoms with Crippen molar-refractivity contribution in [3.8, 4) is 5.75 Å². The summed E-state index contributed by atoms with van der Waals surface area (Å²) in [7, 11) is 0. The second-order valence-corrected chi connectivity index (χ2v) is 5.67. The third kappa shape index (κ3) is 2.70. The van der Waals surface area contributed by atoms with Gasteiger partial charge in [-0.2, -0.15) is 0 Å². The molecule has 0 saturated heterocycles. The molecule has 0 radical (unpaired) electrons. The van der Waals surface area contributed by atoms with Gasteiger partial charge in [0.1, 0.15) is 11.6 Å². The first-order valence-electron chi connectivity index (χ1n) is 7.19. The van der Waals surface area contributed by atoms with E-state index in [0.717, 1.165) is 30.6 Å². The zero-order valence-electron chi connectivity index (χ0n) is 12.0. The van der Waals surface area contributed by atoms with Crippen molar-refractivity contribution >= 4 is 0 Å². The number of imidazole rings is 1. The Morgan fingerprint density at radius 1 is 1.45 bits per heavy atom. The number of phenolic OH excluding ortho intramolecular Hbond substituents is 1. The maximum absolute atomic E-state index is 9.56. The number of phenols is 1. The second-order valence-electron chi connectivity index (χ2n) is 5.67. The van der Waals surface area contributed by atoms with E-state index in [1.54, 1.807) is 6.07 Å². The molecule has 20 heavy (non-hydrogen) atoms. The molecule has 1 aliphatic heterocycles. The number of aryl methyl sites for hydroxylation is 2. The lowest BCUT2D eigenvalue weighted by molar-refractivity contribution is 0.351. The molecule has 4 heteroatoms. The Morgan fingerprint density at radius 3 is 3.10 bits per heavy atom. The van der Waals surface area contributed by atoms with E-state index < -0.39 is 0 Å². The van der Waals surface area contributed by atoms with Crippen LogP contribution in [-0.2, 0) is 13.0 Å². The fourth-order valence-electron chi connectivity index (χ4n) is 2.97. The molecule has 1 aromatic heterocycles. The SMILES string of the molecule is Cc1cn2c(n1)CC[C@@H](N[C@H](C)c1cccc(O)c1)C2. The van der Waals surface area contributed by atoms with Crippen molar-refractivity contribution in [3.63, 3.8) is 0 Å². The van der Waals surface area contributed by atoms with Gasteiger partial charge in [0.25, 0.3) is 0 Å². The van der Waals surface area contributed by atoms with Crippen molar-refractivity contribution < 1.29 is 5.11 Å². The molecule has 0 bridgehead atoms. The van der Waals surface area contributed by atoms with E-state index >= 15 is 0 Å². The number of rotatable bonds is 3. The summed E-state index contributed by atoms with van der Waals surface area (Å²) >= 11 is 0. The van der Waals surface area contributed by atoms with Crippen LogP contribution in [-0.4, -0.2) is 20.7 Å². The van der Waals surface area contributed by atoms with E-state index in [4.69, 9.17) is 0 Å². The van der Waals surface area contributed by atoms with E-state index in [2.05, 4.69) is 28.0 Å². The lowest BCUT2D eigenvalue weighted by Gasteiger charge is -2.28. The molecule has 2 atom stereocenters. The minimum atomic E-state index is 0.235. The number of aromatic hydroxyl groups is 1. The minimum absolute atomic E-state index is 0.235. The normalized spacial score (nSPS) is 19.6. The van der Waals surface area contributed by atoms with Crippen LogP contribution in [0, 0.1) is 6.92 Å². The molecule has 2 N–H and O–H groups in total. The number of nitrogens with zero attached hydrogens (tertiary/aromatic N) is 2. The first kappa shape index (κ1) is 13.2. The quantitative estimate of drug-likeness (QED) is 0.902. The largest absolute Gasteiger partial charge is 0.508 e. The van der Waals surface area contributed by atoms with Crippen LogP contribution in [0.15, 0.2) is 30.5 Å². The zero-order chi connectivity index (χ0) is 14.1. The summed E-state index contributed by atoms with van der Waals surface area (Å²) in [5, 5.41) is 13.2. The molecule has 106 valence electrons. The van der Waals surface area contributed by atoms with E-state index in [-0.39, 0.29) is 6.04 Å². The Kier molecular flexibility index (Phi) is 3.49. The van der Waals surface area contributed by atoms with Gasteiger partial charge < -0.3 is 15.0 Å². The van der Waals surface area contributed by atoms with Gasteiger partial charge in [0, 0.05) is 31.2 Å². The molecule has 0 fully saturated rings. The average molecular weight is 271 g/mol. The zero-order valence-corrected chi connectivity index (χ0v) is 12.0. The van der Waals surface area contributed by atoms with Gasteiger partial charge in [0.15, 0.2) is 0 Å². The van der Waals surface area contributed by atoms with Gasteiger partial charge in [0.2, 0.25) is 0 Å². The lowest BCUT2D eigenvalue weighted by atomic mass is 10.0. The third-order valence-corrected chi connectivity index (χ3v) is 3.97. The summed E-state index contributed by atoms with van der Waals surface area (Å²) in [5.74, 6) is 1.53. The first-order chi connectivity index (χ1) is 9.61. The van der Waals surface area contributed by atoms with Gasteiger partial charge in [-0.3, -0.25) is 0 Å². The average Bonchev–Trinajstić information content (AvgIpc) is 2.78. The molecular formula is C16H21N3O. The number of hydrogen-bond donors (Lipinski definition) is 2. The smallest absolute Gasteiger partial charge is 0.115 e. The van der Waals surface area contributed by atoms with Crippen molar-refractivity contribution in [2.24, 2.45) is 0 Å². The molecule has 0 unspecified atom stereocenters. The molecule has 0 saturated carbocycles. The molecule has 4 nitrogen and oxygen atoms in total. The fourth-order valence-corrected chi connectivity index (χ4v) is 2.97. The topological polar surface area (TPSA) is 50.1 Å². The molecule has 2 heterocycles. The number of aromatic nitrogens is 2. The van der Waals surface area contributed by atoms with Crippen LogP contribution in [0.5, 0.6) is 5.75 Å².